The number of pyridine rings is 2. The van der Waals surface area contributed by atoms with E-state index in [4.69, 9.17) is 4.74 Å². The van der Waals surface area contributed by atoms with E-state index in [1.807, 2.05) is 31.5 Å². The fourth-order valence-corrected chi connectivity index (χ4v) is 5.43. The number of ether oxygens (including phenoxy) is 1. The summed E-state index contributed by atoms with van der Waals surface area (Å²) in [5.41, 5.74) is 3.31. The molecule has 0 saturated carbocycles. The number of thiazole rings is 1. The number of fused-ring (bicyclic) bond motifs is 1. The molecule has 0 unspecified atom stereocenters. The van der Waals surface area contributed by atoms with E-state index < -0.39 is 9.84 Å². The second kappa shape index (κ2) is 9.82. The average Bonchev–Trinajstić information content (AvgIpc) is 3.26. The van der Waals surface area contributed by atoms with Gasteiger partial charge in [-0.05, 0) is 61.9 Å². The fourth-order valence-electron chi connectivity index (χ4n) is 4.05. The van der Waals surface area contributed by atoms with E-state index in [1.54, 1.807) is 6.07 Å². The van der Waals surface area contributed by atoms with Crippen LogP contribution in [0.5, 0.6) is 5.19 Å². The third-order valence-electron chi connectivity index (χ3n) is 6.06. The zero-order valence-electron chi connectivity index (χ0n) is 19.6. The molecule has 0 atom stereocenters. The molecule has 5 rings (SSSR count). The molecule has 1 aliphatic heterocycles. The third kappa shape index (κ3) is 5.57. The molecule has 1 saturated heterocycles. The zero-order chi connectivity index (χ0) is 24.4. The van der Waals surface area contributed by atoms with Crippen molar-refractivity contribution in [2.24, 2.45) is 5.92 Å². The molecule has 0 radical (unpaired) electrons. The van der Waals surface area contributed by atoms with Crippen LogP contribution >= 0.6 is 11.3 Å². The van der Waals surface area contributed by atoms with Gasteiger partial charge in [0.25, 0.3) is 5.19 Å². The summed E-state index contributed by atoms with van der Waals surface area (Å²) in [5, 5.41) is 0.658. The molecule has 0 bridgehead atoms. The van der Waals surface area contributed by atoms with Crippen LogP contribution in [0.2, 0.25) is 0 Å². The number of sulfone groups is 1. The Labute approximate surface area is 208 Å². The summed E-state index contributed by atoms with van der Waals surface area (Å²) in [5.74, 6) is 1.42. The van der Waals surface area contributed by atoms with Crippen molar-refractivity contribution in [3.8, 4) is 16.5 Å². The fraction of sp³-hybridized carbons (Fsp3) is 0.375. The van der Waals surface area contributed by atoms with Gasteiger partial charge in [0.2, 0.25) is 5.95 Å². The van der Waals surface area contributed by atoms with Gasteiger partial charge in [-0.1, -0.05) is 11.3 Å². The first-order valence-corrected chi connectivity index (χ1v) is 14.2. The molecule has 1 fully saturated rings. The minimum atomic E-state index is -3.33. The summed E-state index contributed by atoms with van der Waals surface area (Å²) in [7, 11) is -3.33. The van der Waals surface area contributed by atoms with Crippen LogP contribution in [-0.2, 0) is 9.84 Å². The smallest absolute Gasteiger partial charge is 0.275 e. The quantitative estimate of drug-likeness (QED) is 0.365. The van der Waals surface area contributed by atoms with Gasteiger partial charge in [0.05, 0.1) is 12.3 Å². The molecule has 11 heteroatoms. The lowest BCUT2D eigenvalue weighted by molar-refractivity contribution is 0.257. The Morgan fingerprint density at radius 2 is 1.80 bits per heavy atom. The van der Waals surface area contributed by atoms with Gasteiger partial charge in [-0.3, -0.25) is 0 Å². The van der Waals surface area contributed by atoms with E-state index in [1.165, 1.54) is 23.6 Å². The van der Waals surface area contributed by atoms with E-state index in [0.29, 0.717) is 23.4 Å². The number of aryl methyl sites for hydroxylation is 1. The van der Waals surface area contributed by atoms with Crippen LogP contribution in [0.25, 0.3) is 21.6 Å². The minimum Gasteiger partial charge on any atom is -0.470 e. The number of piperidine rings is 1. The molecule has 1 aliphatic rings. The van der Waals surface area contributed by atoms with Crippen molar-refractivity contribution in [2.75, 3.05) is 30.9 Å². The maximum absolute atomic E-state index is 11.6. The van der Waals surface area contributed by atoms with Crippen LogP contribution in [0.1, 0.15) is 24.8 Å². The summed E-state index contributed by atoms with van der Waals surface area (Å²) in [6.45, 7) is 4.54. The summed E-state index contributed by atoms with van der Waals surface area (Å²) in [6, 6.07) is 6.96. The first-order chi connectivity index (χ1) is 16.8. The molecule has 0 spiro atoms. The van der Waals surface area contributed by atoms with Gasteiger partial charge in [0.15, 0.2) is 14.9 Å². The Kier molecular flexibility index (Phi) is 6.61. The van der Waals surface area contributed by atoms with Gasteiger partial charge in [-0.2, -0.15) is 0 Å². The molecule has 4 aromatic rings. The van der Waals surface area contributed by atoms with Crippen LogP contribution in [0.15, 0.2) is 47.9 Å². The predicted octanol–water partition coefficient (Wildman–Crippen LogP) is 3.94. The Hall–Kier alpha value is -3.18. The Bertz CT molecular complexity index is 1410. The molecule has 0 amide bonds. The minimum absolute atomic E-state index is 0.0463. The normalized spacial score (nSPS) is 15.0. The topological polar surface area (TPSA) is 111 Å². The maximum Gasteiger partial charge on any atom is 0.275 e. The highest BCUT2D eigenvalue weighted by Crippen LogP contribution is 2.30. The number of hydrogen-bond donors (Lipinski definition) is 0. The van der Waals surface area contributed by atoms with Crippen molar-refractivity contribution >= 4 is 37.5 Å². The predicted molar refractivity (Wildman–Crippen MR) is 136 cm³/mol. The molecule has 0 aliphatic carbocycles. The highest BCUT2D eigenvalue weighted by molar-refractivity contribution is 7.90. The SMILES string of the molecule is Cc1cnc(N2CCC(CCOc3nc4ccc(-c5ccc(S(C)(=O)=O)nc5)nc4s3)CC2)nc1. The van der Waals surface area contributed by atoms with Crippen molar-refractivity contribution in [1.29, 1.82) is 0 Å². The first kappa shape index (κ1) is 23.6. The van der Waals surface area contributed by atoms with Crippen LogP contribution < -0.4 is 9.64 Å². The van der Waals surface area contributed by atoms with E-state index >= 15 is 0 Å². The van der Waals surface area contributed by atoms with E-state index in [0.717, 1.165) is 66.0 Å². The summed E-state index contributed by atoms with van der Waals surface area (Å²) in [4.78, 5) is 25.2. The lowest BCUT2D eigenvalue weighted by Gasteiger charge is -2.31. The molecule has 182 valence electrons. The molecule has 4 aromatic heterocycles. The molecule has 0 aromatic carbocycles. The molecular formula is C24H26N6O3S2. The van der Waals surface area contributed by atoms with Crippen molar-refractivity contribution in [3.63, 3.8) is 0 Å². The number of aromatic nitrogens is 5. The number of nitrogens with zero attached hydrogens (tertiary/aromatic N) is 6. The third-order valence-corrected chi connectivity index (χ3v) is 7.94. The van der Waals surface area contributed by atoms with Gasteiger partial charge in [-0.15, -0.1) is 0 Å². The van der Waals surface area contributed by atoms with Gasteiger partial charge < -0.3 is 9.64 Å². The second-order valence-corrected chi connectivity index (χ2v) is 11.7. The largest absolute Gasteiger partial charge is 0.470 e. The van der Waals surface area contributed by atoms with Gasteiger partial charge in [0.1, 0.15) is 10.3 Å². The van der Waals surface area contributed by atoms with Crippen LogP contribution in [0.3, 0.4) is 0 Å². The van der Waals surface area contributed by atoms with Crippen molar-refractivity contribution in [3.05, 3.63) is 48.4 Å². The van der Waals surface area contributed by atoms with Gasteiger partial charge in [0, 0.05) is 43.5 Å². The highest BCUT2D eigenvalue weighted by atomic mass is 32.2. The molecule has 5 heterocycles. The van der Waals surface area contributed by atoms with E-state index in [-0.39, 0.29) is 5.03 Å². The second-order valence-electron chi connectivity index (χ2n) is 8.79. The molecule has 35 heavy (non-hydrogen) atoms. The van der Waals surface area contributed by atoms with Gasteiger partial charge in [-0.25, -0.2) is 33.3 Å². The summed E-state index contributed by atoms with van der Waals surface area (Å²) >= 11 is 1.41. The van der Waals surface area contributed by atoms with Gasteiger partial charge >= 0.3 is 0 Å². The molecule has 0 N–H and O–H groups in total. The standard InChI is InChI=1S/C24H26N6O3S2/c1-16-13-26-23(27-14-16)30-10-7-17(8-11-30)9-12-33-24-29-20-5-4-19(28-22(20)34-24)18-3-6-21(25-15-18)35(2,31)32/h3-6,13-15,17H,7-12H2,1-2H3. The Morgan fingerprint density at radius 3 is 2.49 bits per heavy atom. The van der Waals surface area contributed by atoms with Crippen molar-refractivity contribution in [2.45, 2.75) is 31.2 Å². The molecular weight excluding hydrogens is 484 g/mol. The first-order valence-electron chi connectivity index (χ1n) is 11.5. The van der Waals surface area contributed by atoms with E-state index in [2.05, 4.69) is 29.8 Å². The monoisotopic (exact) mass is 510 g/mol. The molecule has 9 nitrogen and oxygen atoms in total. The summed E-state index contributed by atoms with van der Waals surface area (Å²) in [6.07, 6.45) is 9.57. The van der Waals surface area contributed by atoms with Crippen molar-refractivity contribution in [1.82, 2.24) is 24.9 Å². The van der Waals surface area contributed by atoms with Crippen LogP contribution in [0.4, 0.5) is 5.95 Å². The average molecular weight is 511 g/mol. The number of anilines is 1. The lowest BCUT2D eigenvalue weighted by atomic mass is 9.94. The van der Waals surface area contributed by atoms with Crippen LogP contribution in [-0.4, -0.2) is 59.3 Å². The lowest BCUT2D eigenvalue weighted by Crippen LogP contribution is -2.35. The number of rotatable bonds is 7. The number of hydrogen-bond acceptors (Lipinski definition) is 10. The maximum atomic E-state index is 11.6. The van der Waals surface area contributed by atoms with Crippen molar-refractivity contribution < 1.29 is 13.2 Å². The Morgan fingerprint density at radius 1 is 1.03 bits per heavy atom. The van der Waals surface area contributed by atoms with Crippen LogP contribution in [0, 0.1) is 12.8 Å². The van der Waals surface area contributed by atoms with E-state index in [9.17, 15) is 8.42 Å². The highest BCUT2D eigenvalue weighted by Gasteiger charge is 2.21. The Balaban J connectivity index is 1.15. The zero-order valence-corrected chi connectivity index (χ0v) is 21.2. The summed E-state index contributed by atoms with van der Waals surface area (Å²) < 4.78 is 29.2.